The summed E-state index contributed by atoms with van der Waals surface area (Å²) in [6.07, 6.45) is 4.11. The fourth-order valence-electron chi connectivity index (χ4n) is 3.19. The molecule has 0 bridgehead atoms. The number of carbonyl (C=O) groups excluding carboxylic acids is 1. The van der Waals surface area contributed by atoms with E-state index in [-0.39, 0.29) is 23.8 Å². The topological polar surface area (TPSA) is 101 Å². The first kappa shape index (κ1) is 18.7. The molecule has 0 radical (unpaired) electrons. The van der Waals surface area contributed by atoms with Crippen molar-refractivity contribution in [3.63, 3.8) is 0 Å². The highest BCUT2D eigenvalue weighted by molar-refractivity contribution is 5.81. The standard InChI is InChI=1S/C20H18FN5O3/c1-12(29-17-5-3-2-4-14(17)21)20(28)26-9-6-15-13(11-26)19(27)25-18(24-15)16-10-22-7-8-23-16/h2-5,7-8,10,12H,6,9,11H2,1H3,(H,24,25,27). The maximum Gasteiger partial charge on any atom is 0.263 e. The minimum absolute atomic E-state index is 0.0129. The highest BCUT2D eigenvalue weighted by Crippen LogP contribution is 2.20. The van der Waals surface area contributed by atoms with Crippen molar-refractivity contribution in [3.8, 4) is 17.3 Å². The van der Waals surface area contributed by atoms with Crippen LogP contribution in [0.25, 0.3) is 11.5 Å². The van der Waals surface area contributed by atoms with Gasteiger partial charge in [0.2, 0.25) is 0 Å². The maximum absolute atomic E-state index is 13.8. The Labute approximate surface area is 165 Å². The number of benzene rings is 1. The zero-order valence-corrected chi connectivity index (χ0v) is 15.6. The number of ether oxygens (including phenoxy) is 1. The summed E-state index contributed by atoms with van der Waals surface area (Å²) in [6.45, 7) is 2.05. The van der Waals surface area contributed by atoms with Crippen LogP contribution in [-0.4, -0.2) is 43.4 Å². The van der Waals surface area contributed by atoms with E-state index in [1.807, 2.05) is 0 Å². The highest BCUT2D eigenvalue weighted by atomic mass is 19.1. The molecule has 4 rings (SSSR count). The maximum atomic E-state index is 13.8. The van der Waals surface area contributed by atoms with Crippen molar-refractivity contribution in [1.29, 1.82) is 0 Å². The zero-order valence-electron chi connectivity index (χ0n) is 15.6. The summed E-state index contributed by atoms with van der Waals surface area (Å²) in [7, 11) is 0. The molecule has 0 spiro atoms. The Morgan fingerprint density at radius 1 is 1.31 bits per heavy atom. The van der Waals surface area contributed by atoms with Gasteiger partial charge < -0.3 is 14.6 Å². The number of halogens is 1. The van der Waals surface area contributed by atoms with E-state index in [2.05, 4.69) is 19.9 Å². The summed E-state index contributed by atoms with van der Waals surface area (Å²) in [5.74, 6) is -0.499. The Balaban J connectivity index is 1.52. The molecule has 0 fully saturated rings. The lowest BCUT2D eigenvalue weighted by Gasteiger charge is -2.30. The molecule has 1 amide bonds. The minimum atomic E-state index is -0.889. The Morgan fingerprint density at radius 2 is 2.14 bits per heavy atom. The molecule has 0 saturated carbocycles. The molecule has 1 atom stereocenters. The molecular weight excluding hydrogens is 377 g/mol. The Kier molecular flexibility index (Phi) is 5.03. The number of H-pyrrole nitrogens is 1. The second-order valence-electron chi connectivity index (χ2n) is 6.63. The lowest BCUT2D eigenvalue weighted by atomic mass is 10.1. The zero-order chi connectivity index (χ0) is 20.4. The number of nitrogens with zero attached hydrogens (tertiary/aromatic N) is 4. The second kappa shape index (κ2) is 7.78. The molecule has 9 heteroatoms. The summed E-state index contributed by atoms with van der Waals surface area (Å²) in [4.78, 5) is 42.2. The number of hydrogen-bond donors (Lipinski definition) is 1. The Morgan fingerprint density at radius 3 is 2.90 bits per heavy atom. The quantitative estimate of drug-likeness (QED) is 0.722. The van der Waals surface area contributed by atoms with Gasteiger partial charge in [-0.15, -0.1) is 0 Å². The molecule has 8 nitrogen and oxygen atoms in total. The van der Waals surface area contributed by atoms with Crippen molar-refractivity contribution in [2.45, 2.75) is 26.0 Å². The molecule has 29 heavy (non-hydrogen) atoms. The van der Waals surface area contributed by atoms with Crippen molar-refractivity contribution >= 4 is 5.91 Å². The van der Waals surface area contributed by atoms with E-state index in [9.17, 15) is 14.0 Å². The van der Waals surface area contributed by atoms with Gasteiger partial charge in [-0.2, -0.15) is 0 Å². The van der Waals surface area contributed by atoms with Crippen LogP contribution < -0.4 is 10.3 Å². The first-order chi connectivity index (χ1) is 14.0. The number of aromatic amines is 1. The van der Waals surface area contributed by atoms with E-state index in [0.717, 1.165) is 0 Å². The fraction of sp³-hybridized carbons (Fsp3) is 0.250. The van der Waals surface area contributed by atoms with Gasteiger partial charge >= 0.3 is 0 Å². The van der Waals surface area contributed by atoms with Crippen LogP contribution in [0.4, 0.5) is 4.39 Å². The van der Waals surface area contributed by atoms with E-state index >= 15 is 0 Å². The van der Waals surface area contributed by atoms with E-state index in [1.165, 1.54) is 35.6 Å². The lowest BCUT2D eigenvalue weighted by Crippen LogP contribution is -2.45. The number of nitrogens with one attached hydrogen (secondary N) is 1. The SMILES string of the molecule is CC(Oc1ccccc1F)C(=O)N1CCc2nc(-c3cnccn3)[nH]c(=O)c2C1. The highest BCUT2D eigenvalue weighted by Gasteiger charge is 2.29. The van der Waals surface area contributed by atoms with Gasteiger partial charge in [0, 0.05) is 25.4 Å². The Bertz CT molecular complexity index is 1100. The van der Waals surface area contributed by atoms with Crippen LogP contribution in [0.15, 0.2) is 47.7 Å². The molecule has 148 valence electrons. The summed E-state index contributed by atoms with van der Waals surface area (Å²) < 4.78 is 19.2. The Hall–Kier alpha value is -3.62. The van der Waals surface area contributed by atoms with E-state index in [0.29, 0.717) is 35.7 Å². The van der Waals surface area contributed by atoms with Crippen LogP contribution >= 0.6 is 0 Å². The third kappa shape index (κ3) is 3.84. The molecule has 1 aliphatic heterocycles. The third-order valence-electron chi connectivity index (χ3n) is 4.67. The van der Waals surface area contributed by atoms with E-state index in [1.54, 1.807) is 19.1 Å². The summed E-state index contributed by atoms with van der Waals surface area (Å²) in [5, 5.41) is 0. The first-order valence-electron chi connectivity index (χ1n) is 9.11. The van der Waals surface area contributed by atoms with Crippen molar-refractivity contribution in [3.05, 3.63) is 70.3 Å². The summed E-state index contributed by atoms with van der Waals surface area (Å²) >= 11 is 0. The molecule has 1 unspecified atom stereocenters. The molecule has 0 saturated heterocycles. The molecule has 1 aromatic carbocycles. The van der Waals surface area contributed by atoms with Crippen LogP contribution in [0.2, 0.25) is 0 Å². The first-order valence-corrected chi connectivity index (χ1v) is 9.11. The van der Waals surface area contributed by atoms with Crippen molar-refractivity contribution in [2.75, 3.05) is 6.54 Å². The van der Waals surface area contributed by atoms with Gasteiger partial charge in [0.1, 0.15) is 5.69 Å². The molecule has 2 aromatic heterocycles. The second-order valence-corrected chi connectivity index (χ2v) is 6.63. The summed E-state index contributed by atoms with van der Waals surface area (Å²) in [6, 6.07) is 5.91. The van der Waals surface area contributed by atoms with Gasteiger partial charge in [-0.1, -0.05) is 12.1 Å². The number of rotatable bonds is 4. The van der Waals surface area contributed by atoms with Gasteiger partial charge in [0.15, 0.2) is 23.5 Å². The van der Waals surface area contributed by atoms with Crippen molar-refractivity contribution in [1.82, 2.24) is 24.8 Å². The van der Waals surface area contributed by atoms with Crippen LogP contribution in [0.3, 0.4) is 0 Å². The van der Waals surface area contributed by atoms with Crippen molar-refractivity contribution < 1.29 is 13.9 Å². The van der Waals surface area contributed by atoms with Crippen LogP contribution in [0.5, 0.6) is 5.75 Å². The molecule has 1 aliphatic rings. The molecule has 3 heterocycles. The van der Waals surface area contributed by atoms with Gasteiger partial charge in [0.05, 0.1) is 24.0 Å². The molecule has 1 N–H and O–H groups in total. The average molecular weight is 395 g/mol. The number of hydrogen-bond acceptors (Lipinski definition) is 6. The molecular formula is C20H18FN5O3. The molecule has 3 aromatic rings. The van der Waals surface area contributed by atoms with Gasteiger partial charge in [-0.05, 0) is 19.1 Å². The minimum Gasteiger partial charge on any atom is -0.478 e. The molecule has 0 aliphatic carbocycles. The average Bonchev–Trinajstić information content (AvgIpc) is 2.75. The van der Waals surface area contributed by atoms with Crippen molar-refractivity contribution in [2.24, 2.45) is 0 Å². The summed E-state index contributed by atoms with van der Waals surface area (Å²) in [5.41, 5.74) is 1.20. The van der Waals surface area contributed by atoms with Crippen LogP contribution in [-0.2, 0) is 17.8 Å². The number of fused-ring (bicyclic) bond motifs is 1. The number of amides is 1. The fourth-order valence-corrected chi connectivity index (χ4v) is 3.19. The lowest BCUT2D eigenvalue weighted by molar-refractivity contribution is -0.139. The predicted molar refractivity (Wildman–Crippen MR) is 101 cm³/mol. The monoisotopic (exact) mass is 395 g/mol. The number of para-hydroxylation sites is 1. The van der Waals surface area contributed by atoms with Gasteiger partial charge in [-0.3, -0.25) is 14.6 Å². The predicted octanol–water partition coefficient (Wildman–Crippen LogP) is 1.72. The largest absolute Gasteiger partial charge is 0.478 e. The van der Waals surface area contributed by atoms with Crippen LogP contribution in [0.1, 0.15) is 18.2 Å². The van der Waals surface area contributed by atoms with Gasteiger partial charge in [0.25, 0.3) is 11.5 Å². The smallest absolute Gasteiger partial charge is 0.263 e. The van der Waals surface area contributed by atoms with Crippen LogP contribution in [0, 0.1) is 5.82 Å². The van der Waals surface area contributed by atoms with E-state index in [4.69, 9.17) is 4.74 Å². The third-order valence-corrected chi connectivity index (χ3v) is 4.67. The normalized spacial score (nSPS) is 14.2. The van der Waals surface area contributed by atoms with Gasteiger partial charge in [-0.25, -0.2) is 14.4 Å². The number of carbonyl (C=O) groups is 1. The van der Waals surface area contributed by atoms with E-state index < -0.39 is 11.9 Å². The number of aromatic nitrogens is 4.